The van der Waals surface area contributed by atoms with Crippen molar-refractivity contribution in [3.8, 4) is 22.5 Å². The first-order valence-electron chi connectivity index (χ1n) is 18.4. The number of aryl methyl sites for hydroxylation is 1. The molecule has 1 fully saturated rings. The van der Waals surface area contributed by atoms with Crippen molar-refractivity contribution in [1.82, 2.24) is 30.3 Å². The first-order chi connectivity index (χ1) is 25.6. The van der Waals surface area contributed by atoms with Crippen LogP contribution in [0.25, 0.3) is 33.4 Å². The molecule has 5 rings (SSSR count). The maximum atomic E-state index is 13.9. The molecule has 1 saturated heterocycles. The lowest BCUT2D eigenvalue weighted by molar-refractivity contribution is -0.150. The second-order valence-electron chi connectivity index (χ2n) is 15.5. The highest BCUT2D eigenvalue weighted by Crippen LogP contribution is 2.41. The fourth-order valence-corrected chi connectivity index (χ4v) is 7.64. The van der Waals surface area contributed by atoms with Crippen LogP contribution in [0.15, 0.2) is 41.9 Å². The summed E-state index contributed by atoms with van der Waals surface area (Å²) in [6.45, 7) is 14.6. The summed E-state index contributed by atoms with van der Waals surface area (Å²) in [5.74, 6) is -0.865. The van der Waals surface area contributed by atoms with Gasteiger partial charge in [-0.1, -0.05) is 19.9 Å². The number of methoxy groups -OCH3 is 2. The van der Waals surface area contributed by atoms with E-state index in [1.807, 2.05) is 24.4 Å². The summed E-state index contributed by atoms with van der Waals surface area (Å²) in [5, 5.41) is 18.2. The van der Waals surface area contributed by atoms with Crippen molar-refractivity contribution in [1.29, 1.82) is 0 Å². The summed E-state index contributed by atoms with van der Waals surface area (Å²) in [4.78, 5) is 48.8. The molecular weight excluding hydrogens is 709 g/mol. The summed E-state index contributed by atoms with van der Waals surface area (Å²) >= 11 is 1.40. The van der Waals surface area contributed by atoms with Gasteiger partial charge in [-0.05, 0) is 89.1 Å². The van der Waals surface area contributed by atoms with Crippen molar-refractivity contribution in [2.45, 2.75) is 104 Å². The third-order valence-corrected chi connectivity index (χ3v) is 10.4. The molecular formula is C40H54N6O7S. The summed E-state index contributed by atoms with van der Waals surface area (Å²) in [6.07, 6.45) is 2.67. The molecule has 0 radical (unpaired) electrons. The molecule has 0 unspecified atom stereocenters. The van der Waals surface area contributed by atoms with Gasteiger partial charge in [0.15, 0.2) is 0 Å². The molecule has 4 aromatic rings. The van der Waals surface area contributed by atoms with Gasteiger partial charge >= 0.3 is 12.1 Å². The Kier molecular flexibility index (Phi) is 12.8. The monoisotopic (exact) mass is 762 g/mol. The van der Waals surface area contributed by atoms with E-state index < -0.39 is 41.1 Å². The van der Waals surface area contributed by atoms with Crippen molar-refractivity contribution < 1.29 is 33.7 Å². The Bertz CT molecular complexity index is 1970. The summed E-state index contributed by atoms with van der Waals surface area (Å²) in [5.41, 5.74) is 8.47. The number of nitrogens with zero attached hydrogens (tertiary/aromatic N) is 4. The zero-order valence-electron chi connectivity index (χ0n) is 32.8. The number of thiazole rings is 1. The number of nitrogens with one attached hydrogen (secondary N) is 2. The zero-order chi connectivity index (χ0) is 39.4. The van der Waals surface area contributed by atoms with Gasteiger partial charge in [-0.15, -0.1) is 11.3 Å². The molecule has 0 aliphatic carbocycles. The van der Waals surface area contributed by atoms with Crippen LogP contribution in [0, 0.1) is 5.41 Å². The minimum absolute atomic E-state index is 0.0161. The number of alkyl carbamates (subject to hydrolysis) is 1. The Morgan fingerprint density at radius 2 is 1.91 bits per heavy atom. The number of aliphatic hydroxyl groups is 1. The number of hydrogen-bond donors (Lipinski definition) is 3. The van der Waals surface area contributed by atoms with E-state index in [2.05, 4.69) is 54.3 Å². The van der Waals surface area contributed by atoms with Gasteiger partial charge in [-0.25, -0.2) is 15.2 Å². The fraction of sp³-hybridized carbons (Fsp3) is 0.525. The van der Waals surface area contributed by atoms with Crippen molar-refractivity contribution in [3.05, 3.63) is 58.2 Å². The molecule has 4 heterocycles. The van der Waals surface area contributed by atoms with Crippen LogP contribution in [0.3, 0.4) is 0 Å². The van der Waals surface area contributed by atoms with E-state index in [1.165, 1.54) is 23.5 Å². The van der Waals surface area contributed by atoms with Crippen molar-refractivity contribution in [2.75, 3.05) is 27.4 Å². The van der Waals surface area contributed by atoms with Gasteiger partial charge in [0.2, 0.25) is 0 Å². The van der Waals surface area contributed by atoms with Crippen LogP contribution in [0.2, 0.25) is 0 Å². The highest BCUT2D eigenvalue weighted by atomic mass is 32.1. The van der Waals surface area contributed by atoms with Crippen molar-refractivity contribution >= 4 is 40.2 Å². The number of rotatable bonds is 13. The number of benzene rings is 1. The molecule has 1 aliphatic heterocycles. The van der Waals surface area contributed by atoms with E-state index in [4.69, 9.17) is 24.2 Å². The predicted octanol–water partition coefficient (Wildman–Crippen LogP) is 6.22. The van der Waals surface area contributed by atoms with Gasteiger partial charge in [0, 0.05) is 66.8 Å². The molecule has 0 bridgehead atoms. The molecule has 292 valence electrons. The SMILES string of the molecule is CCn1c(-c2cccnc2[C@H](C)OC)c(CC(C)(C)CO)c2cc(-c3csc(C[C@H](NC(=O)OC(C)(C)C)C(=O)N4CCC[C@@H](C(=O)OC)N4)n3)ccc21. The number of carbonyl (C=O) groups is 3. The molecule has 13 nitrogen and oxygen atoms in total. The molecule has 14 heteroatoms. The van der Waals surface area contributed by atoms with Gasteiger partial charge in [-0.3, -0.25) is 19.6 Å². The topological polar surface area (TPSA) is 157 Å². The fourth-order valence-electron chi connectivity index (χ4n) is 6.79. The second kappa shape index (κ2) is 17.0. The lowest BCUT2D eigenvalue weighted by Gasteiger charge is -2.34. The van der Waals surface area contributed by atoms with Gasteiger partial charge in [-0.2, -0.15) is 0 Å². The molecule has 1 aliphatic rings. The number of fused-ring (bicyclic) bond motifs is 1. The zero-order valence-corrected chi connectivity index (χ0v) is 33.6. The quantitative estimate of drug-likeness (QED) is 0.134. The Morgan fingerprint density at radius 3 is 2.57 bits per heavy atom. The van der Waals surface area contributed by atoms with Crippen LogP contribution in [-0.2, 0) is 43.2 Å². The third-order valence-electron chi connectivity index (χ3n) is 9.55. The summed E-state index contributed by atoms with van der Waals surface area (Å²) < 4.78 is 18.4. The number of pyridine rings is 1. The smallest absolute Gasteiger partial charge is 0.408 e. The maximum absolute atomic E-state index is 13.9. The highest BCUT2D eigenvalue weighted by molar-refractivity contribution is 7.10. The molecule has 54 heavy (non-hydrogen) atoms. The minimum atomic E-state index is -1.01. The van der Waals surface area contributed by atoms with Crippen LogP contribution < -0.4 is 10.7 Å². The second-order valence-corrected chi connectivity index (χ2v) is 16.4. The first-order valence-corrected chi connectivity index (χ1v) is 19.3. The van der Waals surface area contributed by atoms with E-state index in [9.17, 15) is 19.5 Å². The van der Waals surface area contributed by atoms with Gasteiger partial charge in [0.05, 0.1) is 35.3 Å². The predicted molar refractivity (Wildman–Crippen MR) is 209 cm³/mol. The van der Waals surface area contributed by atoms with E-state index in [1.54, 1.807) is 34.1 Å². The van der Waals surface area contributed by atoms with Crippen LogP contribution in [0.1, 0.15) is 83.7 Å². The molecule has 3 aromatic heterocycles. The first kappa shape index (κ1) is 40.8. The molecule has 0 spiro atoms. The number of esters is 1. The standard InChI is InChI=1S/C40H54N6O7S/c1-10-45-32-16-15-25(19-27(32)28(21-40(6,7)23-47)35(45)26-13-11-17-41-34(26)24(2)51-8)31-22-54-33(42-31)20-30(43-38(50)53-39(3,4)5)36(48)46-18-12-14-29(44-46)37(49)52-9/h11,13,15-17,19,22,24,29-30,44,47H,10,12,14,18,20-21,23H2,1-9H3,(H,43,50)/t24-,29-,30-/m0/s1. The molecule has 0 saturated carbocycles. The lowest BCUT2D eigenvalue weighted by atomic mass is 9.84. The number of aromatic nitrogens is 3. The molecule has 1 aromatic carbocycles. The number of amides is 2. The van der Waals surface area contributed by atoms with Crippen molar-refractivity contribution in [3.63, 3.8) is 0 Å². The average molecular weight is 763 g/mol. The number of hydrogen-bond acceptors (Lipinski definition) is 11. The van der Waals surface area contributed by atoms with E-state index in [-0.39, 0.29) is 19.1 Å². The van der Waals surface area contributed by atoms with Gasteiger partial charge in [0.25, 0.3) is 5.91 Å². The summed E-state index contributed by atoms with van der Waals surface area (Å²) in [7, 11) is 2.99. The van der Waals surface area contributed by atoms with Crippen molar-refractivity contribution in [2.24, 2.45) is 5.41 Å². The Labute approximate surface area is 321 Å². The lowest BCUT2D eigenvalue weighted by Crippen LogP contribution is -2.60. The summed E-state index contributed by atoms with van der Waals surface area (Å²) in [6, 6.07) is 8.65. The van der Waals surface area contributed by atoms with E-state index >= 15 is 0 Å². The Hall–Kier alpha value is -4.37. The number of ether oxygens (including phenoxy) is 3. The maximum Gasteiger partial charge on any atom is 0.408 e. The van der Waals surface area contributed by atoms with Crippen LogP contribution in [0.5, 0.6) is 0 Å². The highest BCUT2D eigenvalue weighted by Gasteiger charge is 2.34. The number of aliphatic hydroxyl groups excluding tert-OH is 1. The van der Waals surface area contributed by atoms with Crippen LogP contribution in [0.4, 0.5) is 4.79 Å². The molecule has 2 amide bonds. The third kappa shape index (κ3) is 9.28. The van der Waals surface area contributed by atoms with E-state index in [0.29, 0.717) is 37.4 Å². The normalized spacial score (nSPS) is 16.3. The number of hydrazine groups is 1. The Morgan fingerprint density at radius 1 is 1.15 bits per heavy atom. The number of carbonyl (C=O) groups excluding carboxylic acids is 3. The largest absolute Gasteiger partial charge is 0.468 e. The minimum Gasteiger partial charge on any atom is -0.468 e. The molecule has 3 N–H and O–H groups in total. The van der Waals surface area contributed by atoms with Crippen LogP contribution in [-0.4, -0.2) is 87.7 Å². The molecule has 3 atom stereocenters. The van der Waals surface area contributed by atoms with Crippen LogP contribution >= 0.6 is 11.3 Å². The van der Waals surface area contributed by atoms with Gasteiger partial charge in [0.1, 0.15) is 17.7 Å². The van der Waals surface area contributed by atoms with Gasteiger partial charge < -0.3 is 29.2 Å². The van der Waals surface area contributed by atoms with E-state index in [0.717, 1.165) is 44.7 Å². The Balaban J connectivity index is 1.53. The average Bonchev–Trinajstić information content (AvgIpc) is 3.74.